The molecule has 2 rings (SSSR count). The summed E-state index contributed by atoms with van der Waals surface area (Å²) in [5.41, 5.74) is 1.22. The van der Waals surface area contributed by atoms with Crippen LogP contribution in [-0.2, 0) is 0 Å². The van der Waals surface area contributed by atoms with Crippen LogP contribution in [-0.4, -0.2) is 52.7 Å². The second-order valence-electron chi connectivity index (χ2n) is 5.29. The number of ketones is 1. The monoisotopic (exact) mass is 314 g/mol. The van der Waals surface area contributed by atoms with Crippen LogP contribution in [0.15, 0.2) is 30.5 Å². The van der Waals surface area contributed by atoms with Crippen molar-refractivity contribution in [2.24, 2.45) is 0 Å². The van der Waals surface area contributed by atoms with E-state index in [2.05, 4.69) is 4.98 Å². The summed E-state index contributed by atoms with van der Waals surface area (Å²) < 4.78 is 37.2. The van der Waals surface area contributed by atoms with Crippen LogP contribution >= 0.6 is 0 Å². The maximum Gasteiger partial charge on any atom is 0.415 e. The van der Waals surface area contributed by atoms with E-state index < -0.39 is 24.9 Å². The van der Waals surface area contributed by atoms with Gasteiger partial charge in [0.25, 0.3) is 0 Å². The molecule has 0 spiro atoms. The van der Waals surface area contributed by atoms with Crippen molar-refractivity contribution in [3.63, 3.8) is 0 Å². The fourth-order valence-electron chi connectivity index (χ4n) is 2.23. The first-order valence-corrected chi connectivity index (χ1v) is 6.77. The molecule has 1 aromatic heterocycles. The number of aromatic amines is 1. The number of benzene rings is 1. The Morgan fingerprint density at radius 2 is 2.00 bits per heavy atom. The van der Waals surface area contributed by atoms with Crippen molar-refractivity contribution in [3.8, 4) is 0 Å². The van der Waals surface area contributed by atoms with Gasteiger partial charge >= 0.3 is 6.18 Å². The van der Waals surface area contributed by atoms with Crippen LogP contribution in [0.4, 0.5) is 13.2 Å². The van der Waals surface area contributed by atoms with Gasteiger partial charge in [0.1, 0.15) is 0 Å². The number of likely N-dealkylation sites (N-methyl/N-ethyl adjacent to an activating group) is 1. The Hall–Kier alpha value is -1.86. The molecule has 22 heavy (non-hydrogen) atoms. The van der Waals surface area contributed by atoms with Gasteiger partial charge < -0.3 is 10.1 Å². The number of carbonyl (C=O) groups excluding carboxylic acids is 1. The number of para-hydroxylation sites is 1. The molecule has 0 aliphatic heterocycles. The molecule has 120 valence electrons. The Morgan fingerprint density at radius 1 is 1.36 bits per heavy atom. The van der Waals surface area contributed by atoms with E-state index in [9.17, 15) is 18.0 Å². The van der Waals surface area contributed by atoms with Gasteiger partial charge in [-0.2, -0.15) is 13.2 Å². The number of aliphatic hydroxyl groups is 1. The molecule has 0 bridgehead atoms. The molecule has 1 aromatic carbocycles. The van der Waals surface area contributed by atoms with E-state index in [0.717, 1.165) is 10.9 Å². The summed E-state index contributed by atoms with van der Waals surface area (Å²) in [4.78, 5) is 16.6. The Morgan fingerprint density at radius 3 is 2.64 bits per heavy atom. The summed E-state index contributed by atoms with van der Waals surface area (Å²) in [7, 11) is 1.38. The number of H-pyrrole nitrogens is 1. The number of nitrogens with zero attached hydrogens (tertiary/aromatic N) is 1. The summed E-state index contributed by atoms with van der Waals surface area (Å²) in [6.45, 7) is 0.867. The molecule has 1 heterocycles. The third-order valence-electron chi connectivity index (χ3n) is 3.73. The molecule has 4 nitrogen and oxygen atoms in total. The number of alkyl halides is 3. The zero-order valence-corrected chi connectivity index (χ0v) is 12.2. The lowest BCUT2D eigenvalue weighted by atomic mass is 10.0. The van der Waals surface area contributed by atoms with Crippen LogP contribution in [0.5, 0.6) is 0 Å². The molecule has 2 N–H and O–H groups in total. The Bertz CT molecular complexity index is 666. The van der Waals surface area contributed by atoms with E-state index in [-0.39, 0.29) is 5.78 Å². The molecule has 0 fully saturated rings. The fraction of sp³-hybridized carbons (Fsp3) is 0.400. The van der Waals surface area contributed by atoms with E-state index >= 15 is 0 Å². The number of carbonyl (C=O) groups is 1. The maximum absolute atomic E-state index is 12.5. The first-order chi connectivity index (χ1) is 10.2. The molecule has 2 unspecified atom stereocenters. The predicted octanol–water partition coefficient (Wildman–Crippen LogP) is 2.59. The number of halogens is 3. The van der Waals surface area contributed by atoms with Gasteiger partial charge in [-0.15, -0.1) is 0 Å². The maximum atomic E-state index is 12.5. The standard InChI is InChI=1S/C15H17F3N2O2/c1-9(20(2)8-13(21)15(16,17)18)14(22)11-7-19-12-6-4-3-5-10(11)12/h3-7,9,13,19,21H,8H2,1-2H3. The van der Waals surface area contributed by atoms with Crippen LogP contribution in [0.1, 0.15) is 17.3 Å². The minimum atomic E-state index is -4.70. The molecule has 0 aliphatic rings. The highest BCUT2D eigenvalue weighted by molar-refractivity contribution is 6.10. The van der Waals surface area contributed by atoms with Crippen molar-refractivity contribution < 1.29 is 23.1 Å². The van der Waals surface area contributed by atoms with Gasteiger partial charge in [-0.1, -0.05) is 18.2 Å². The van der Waals surface area contributed by atoms with Crippen LogP contribution in [0.3, 0.4) is 0 Å². The fourth-order valence-corrected chi connectivity index (χ4v) is 2.23. The second-order valence-corrected chi connectivity index (χ2v) is 5.29. The number of hydrogen-bond acceptors (Lipinski definition) is 3. The minimum Gasteiger partial charge on any atom is -0.382 e. The topological polar surface area (TPSA) is 56.3 Å². The van der Waals surface area contributed by atoms with Crippen LogP contribution in [0.25, 0.3) is 10.9 Å². The van der Waals surface area contributed by atoms with Gasteiger partial charge in [0.15, 0.2) is 11.9 Å². The molecule has 0 amide bonds. The molecule has 0 radical (unpaired) electrons. The SMILES string of the molecule is CC(C(=O)c1c[nH]c2ccccc12)N(C)CC(O)C(F)(F)F. The third kappa shape index (κ3) is 3.31. The summed E-state index contributed by atoms with van der Waals surface area (Å²) in [6.07, 6.45) is -5.62. The summed E-state index contributed by atoms with van der Waals surface area (Å²) in [6, 6.07) is 6.41. The third-order valence-corrected chi connectivity index (χ3v) is 3.73. The number of aromatic nitrogens is 1. The second kappa shape index (κ2) is 6.10. The van der Waals surface area contributed by atoms with E-state index in [1.54, 1.807) is 18.3 Å². The number of nitrogens with one attached hydrogen (secondary N) is 1. The number of fused-ring (bicyclic) bond motifs is 1. The molecular formula is C15H17F3N2O2. The normalized spacial score (nSPS) is 15.2. The van der Waals surface area contributed by atoms with E-state index in [0.29, 0.717) is 5.56 Å². The first kappa shape index (κ1) is 16.5. The van der Waals surface area contributed by atoms with Crippen molar-refractivity contribution in [3.05, 3.63) is 36.0 Å². The Kier molecular flexibility index (Phi) is 4.58. The summed E-state index contributed by atoms with van der Waals surface area (Å²) in [5, 5.41) is 9.83. The van der Waals surface area contributed by atoms with Crippen molar-refractivity contribution >= 4 is 16.7 Å². The smallest absolute Gasteiger partial charge is 0.382 e. The molecule has 0 saturated carbocycles. The van der Waals surface area contributed by atoms with Gasteiger partial charge in [0, 0.05) is 29.2 Å². The lowest BCUT2D eigenvalue weighted by Gasteiger charge is -2.26. The van der Waals surface area contributed by atoms with E-state index in [1.165, 1.54) is 18.9 Å². The molecule has 7 heteroatoms. The Balaban J connectivity index is 2.15. The van der Waals surface area contributed by atoms with Gasteiger partial charge in [0.2, 0.25) is 0 Å². The number of hydrogen-bond donors (Lipinski definition) is 2. The van der Waals surface area contributed by atoms with E-state index in [4.69, 9.17) is 5.11 Å². The summed E-state index contributed by atoms with van der Waals surface area (Å²) in [5.74, 6) is -0.297. The summed E-state index contributed by atoms with van der Waals surface area (Å²) >= 11 is 0. The highest BCUT2D eigenvalue weighted by Gasteiger charge is 2.39. The van der Waals surface area contributed by atoms with Crippen LogP contribution in [0.2, 0.25) is 0 Å². The van der Waals surface area contributed by atoms with Crippen molar-refractivity contribution in [2.75, 3.05) is 13.6 Å². The van der Waals surface area contributed by atoms with Gasteiger partial charge in [0.05, 0.1) is 6.04 Å². The van der Waals surface area contributed by atoms with Crippen LogP contribution < -0.4 is 0 Å². The average Bonchev–Trinajstić information content (AvgIpc) is 2.88. The van der Waals surface area contributed by atoms with Crippen LogP contribution in [0, 0.1) is 0 Å². The molecule has 0 saturated heterocycles. The number of aliphatic hydroxyl groups excluding tert-OH is 1. The van der Waals surface area contributed by atoms with Gasteiger partial charge in [-0.05, 0) is 20.0 Å². The minimum absolute atomic E-state index is 0.297. The van der Waals surface area contributed by atoms with Crippen molar-refractivity contribution in [1.29, 1.82) is 0 Å². The zero-order valence-electron chi connectivity index (χ0n) is 12.2. The quantitative estimate of drug-likeness (QED) is 0.834. The molecule has 0 aliphatic carbocycles. The number of rotatable bonds is 5. The largest absolute Gasteiger partial charge is 0.415 e. The highest BCUT2D eigenvalue weighted by Crippen LogP contribution is 2.23. The zero-order chi connectivity index (χ0) is 16.5. The van der Waals surface area contributed by atoms with Crippen molar-refractivity contribution in [2.45, 2.75) is 25.2 Å². The number of Topliss-reactive ketones (excluding diaryl/α,β-unsaturated/α-hetero) is 1. The van der Waals surface area contributed by atoms with E-state index in [1.807, 2.05) is 12.1 Å². The molecular weight excluding hydrogens is 297 g/mol. The lowest BCUT2D eigenvalue weighted by molar-refractivity contribution is -0.207. The van der Waals surface area contributed by atoms with Crippen molar-refractivity contribution in [1.82, 2.24) is 9.88 Å². The lowest BCUT2D eigenvalue weighted by Crippen LogP contribution is -2.45. The molecule has 2 atom stereocenters. The first-order valence-electron chi connectivity index (χ1n) is 6.77. The molecule has 2 aromatic rings. The average molecular weight is 314 g/mol. The van der Waals surface area contributed by atoms with Gasteiger partial charge in [-0.3, -0.25) is 9.69 Å². The highest BCUT2D eigenvalue weighted by atomic mass is 19.4. The Labute approximate surface area is 125 Å². The van der Waals surface area contributed by atoms with Gasteiger partial charge in [-0.25, -0.2) is 0 Å². The predicted molar refractivity (Wildman–Crippen MR) is 76.8 cm³/mol.